The molecule has 0 aliphatic heterocycles. The molecule has 0 radical (unpaired) electrons. The first-order chi connectivity index (χ1) is 8.65. The van der Waals surface area contributed by atoms with E-state index in [2.05, 4.69) is 11.8 Å². The first-order valence-electron chi connectivity index (χ1n) is 6.84. The summed E-state index contributed by atoms with van der Waals surface area (Å²) in [4.78, 5) is 2.09. The van der Waals surface area contributed by atoms with Gasteiger partial charge < -0.3 is 10.6 Å². The van der Waals surface area contributed by atoms with Gasteiger partial charge in [0.25, 0.3) is 0 Å². The van der Waals surface area contributed by atoms with Gasteiger partial charge in [-0.05, 0) is 37.3 Å². The molecule has 1 atom stereocenters. The topological polar surface area (TPSA) is 29.3 Å². The Morgan fingerprint density at radius 2 is 2.06 bits per heavy atom. The average Bonchev–Trinajstić information content (AvgIpc) is 3.20. The minimum Gasteiger partial charge on any atom is -0.365 e. The Bertz CT molecular complexity index is 403. The van der Waals surface area contributed by atoms with Crippen LogP contribution in [0.5, 0.6) is 0 Å². The minimum atomic E-state index is -0.158. The summed E-state index contributed by atoms with van der Waals surface area (Å²) in [5.41, 5.74) is 6.66. The van der Waals surface area contributed by atoms with E-state index in [0.29, 0.717) is 18.2 Å². The summed E-state index contributed by atoms with van der Waals surface area (Å²) in [6, 6.07) is 6.98. The van der Waals surface area contributed by atoms with Crippen molar-refractivity contribution < 1.29 is 4.39 Å². The predicted octanol–water partition coefficient (Wildman–Crippen LogP) is 3.17. The predicted molar refractivity (Wildman–Crippen MR) is 74.2 cm³/mol. The third-order valence-electron chi connectivity index (χ3n) is 4.26. The molecule has 1 aliphatic carbocycles. The lowest BCUT2D eigenvalue weighted by molar-refractivity contribution is 0.330. The molecule has 2 nitrogen and oxygen atoms in total. The van der Waals surface area contributed by atoms with Crippen LogP contribution in [0, 0.1) is 11.7 Å². The van der Waals surface area contributed by atoms with Gasteiger partial charge in [0.15, 0.2) is 0 Å². The molecule has 0 aromatic heterocycles. The van der Waals surface area contributed by atoms with Crippen molar-refractivity contribution in [1.29, 1.82) is 0 Å². The van der Waals surface area contributed by atoms with Crippen LogP contribution < -0.4 is 10.6 Å². The molecule has 1 aromatic carbocycles. The second-order valence-corrected chi connectivity index (χ2v) is 5.34. The first kappa shape index (κ1) is 13.3. The van der Waals surface area contributed by atoms with Gasteiger partial charge in [-0.15, -0.1) is 0 Å². The number of para-hydroxylation sites is 1. The number of likely N-dealkylation sites (N-methyl/N-ethyl adjacent to an activating group) is 1. The highest BCUT2D eigenvalue weighted by Gasteiger charge is 2.46. The number of nitrogens with zero attached hydrogens (tertiary/aromatic N) is 1. The molecule has 3 heteroatoms. The summed E-state index contributed by atoms with van der Waals surface area (Å²) in [5.74, 6) is 0.460. The summed E-state index contributed by atoms with van der Waals surface area (Å²) in [7, 11) is 1.99. The maximum Gasteiger partial charge on any atom is 0.146 e. The Hall–Kier alpha value is -1.09. The zero-order valence-electron chi connectivity index (χ0n) is 11.3. The third-order valence-corrected chi connectivity index (χ3v) is 4.26. The van der Waals surface area contributed by atoms with Crippen molar-refractivity contribution in [1.82, 2.24) is 0 Å². The van der Waals surface area contributed by atoms with E-state index < -0.39 is 0 Å². The molecule has 1 aromatic rings. The smallest absolute Gasteiger partial charge is 0.146 e. The summed E-state index contributed by atoms with van der Waals surface area (Å²) in [6.07, 6.45) is 4.54. The number of benzene rings is 1. The molecule has 2 rings (SSSR count). The molecule has 2 N–H and O–H groups in total. The van der Waals surface area contributed by atoms with Crippen LogP contribution >= 0.6 is 0 Å². The summed E-state index contributed by atoms with van der Waals surface area (Å²) in [6.45, 7) is 2.76. The largest absolute Gasteiger partial charge is 0.365 e. The lowest BCUT2D eigenvalue weighted by atomic mass is 9.86. The van der Waals surface area contributed by atoms with Crippen molar-refractivity contribution in [2.75, 3.05) is 18.5 Å². The van der Waals surface area contributed by atoms with E-state index in [1.54, 1.807) is 6.07 Å². The number of hydrogen-bond donors (Lipinski definition) is 1. The van der Waals surface area contributed by atoms with Gasteiger partial charge in [0.1, 0.15) is 5.82 Å². The van der Waals surface area contributed by atoms with Crippen molar-refractivity contribution in [3.8, 4) is 0 Å². The van der Waals surface area contributed by atoms with E-state index in [1.165, 1.54) is 18.9 Å². The summed E-state index contributed by atoms with van der Waals surface area (Å²) >= 11 is 0. The van der Waals surface area contributed by atoms with Crippen molar-refractivity contribution in [2.45, 2.75) is 38.1 Å². The van der Waals surface area contributed by atoms with Gasteiger partial charge in [0.05, 0.1) is 11.2 Å². The molecule has 1 unspecified atom stereocenters. The molecule has 18 heavy (non-hydrogen) atoms. The maximum absolute atomic E-state index is 13.9. The molecular formula is C15H23FN2. The second-order valence-electron chi connectivity index (χ2n) is 5.34. The Morgan fingerprint density at radius 3 is 2.56 bits per heavy atom. The van der Waals surface area contributed by atoms with Gasteiger partial charge in [0, 0.05) is 13.6 Å². The highest BCUT2D eigenvalue weighted by Crippen LogP contribution is 2.46. The lowest BCUT2D eigenvalue weighted by Crippen LogP contribution is -2.54. The van der Waals surface area contributed by atoms with Crippen LogP contribution in [0.2, 0.25) is 0 Å². The highest BCUT2D eigenvalue weighted by atomic mass is 19.1. The highest BCUT2D eigenvalue weighted by molar-refractivity contribution is 5.50. The zero-order valence-corrected chi connectivity index (χ0v) is 11.3. The van der Waals surface area contributed by atoms with Crippen LogP contribution in [0.25, 0.3) is 0 Å². The standard InChI is InChI=1S/C15H23FN2/c1-3-10-15(11-17,12-8-9-12)18(2)14-7-5-4-6-13(14)16/h4-7,12H,3,8-11,17H2,1-2H3. The molecule has 1 fully saturated rings. The number of anilines is 1. The van der Waals surface area contributed by atoms with Crippen LogP contribution in [0.15, 0.2) is 24.3 Å². The molecule has 1 saturated carbocycles. The van der Waals surface area contributed by atoms with Gasteiger partial charge in [-0.1, -0.05) is 25.5 Å². The molecule has 0 spiro atoms. The number of nitrogens with two attached hydrogens (primary N) is 1. The van der Waals surface area contributed by atoms with E-state index in [0.717, 1.165) is 12.8 Å². The summed E-state index contributed by atoms with van der Waals surface area (Å²) < 4.78 is 13.9. The lowest BCUT2D eigenvalue weighted by Gasteiger charge is -2.43. The van der Waals surface area contributed by atoms with E-state index >= 15 is 0 Å². The molecule has 0 amide bonds. The van der Waals surface area contributed by atoms with Gasteiger partial charge in [0.2, 0.25) is 0 Å². The van der Waals surface area contributed by atoms with E-state index in [4.69, 9.17) is 5.73 Å². The molecule has 100 valence electrons. The van der Waals surface area contributed by atoms with Gasteiger partial charge in [-0.2, -0.15) is 0 Å². The van der Waals surface area contributed by atoms with Crippen molar-refractivity contribution in [2.24, 2.45) is 11.7 Å². The van der Waals surface area contributed by atoms with Crippen LogP contribution in [0.4, 0.5) is 10.1 Å². The first-order valence-corrected chi connectivity index (χ1v) is 6.84. The van der Waals surface area contributed by atoms with Crippen LogP contribution in [0.3, 0.4) is 0 Å². The quantitative estimate of drug-likeness (QED) is 0.840. The fraction of sp³-hybridized carbons (Fsp3) is 0.600. The maximum atomic E-state index is 13.9. The van der Waals surface area contributed by atoms with E-state index in [-0.39, 0.29) is 11.4 Å². The van der Waals surface area contributed by atoms with Crippen molar-refractivity contribution >= 4 is 5.69 Å². The minimum absolute atomic E-state index is 0.0725. The Balaban J connectivity index is 2.33. The van der Waals surface area contributed by atoms with E-state index in [1.807, 2.05) is 19.2 Å². The summed E-state index contributed by atoms with van der Waals surface area (Å²) in [5, 5.41) is 0. The van der Waals surface area contributed by atoms with Crippen molar-refractivity contribution in [3.05, 3.63) is 30.1 Å². The van der Waals surface area contributed by atoms with Crippen LogP contribution in [-0.2, 0) is 0 Å². The van der Waals surface area contributed by atoms with Gasteiger partial charge >= 0.3 is 0 Å². The number of halogens is 1. The molecule has 0 heterocycles. The van der Waals surface area contributed by atoms with Crippen molar-refractivity contribution in [3.63, 3.8) is 0 Å². The fourth-order valence-electron chi connectivity index (χ4n) is 3.07. The number of rotatable bonds is 6. The Kier molecular flexibility index (Phi) is 3.91. The monoisotopic (exact) mass is 250 g/mol. The Morgan fingerprint density at radius 1 is 1.39 bits per heavy atom. The molecule has 1 aliphatic rings. The molecule has 0 bridgehead atoms. The van der Waals surface area contributed by atoms with Crippen LogP contribution in [0.1, 0.15) is 32.6 Å². The number of hydrogen-bond acceptors (Lipinski definition) is 2. The average molecular weight is 250 g/mol. The van der Waals surface area contributed by atoms with Crippen LogP contribution in [-0.4, -0.2) is 19.1 Å². The normalized spacial score (nSPS) is 18.4. The molecular weight excluding hydrogens is 227 g/mol. The second kappa shape index (κ2) is 5.27. The van der Waals surface area contributed by atoms with Gasteiger partial charge in [-0.25, -0.2) is 4.39 Å². The SMILES string of the molecule is CCCC(CN)(C1CC1)N(C)c1ccccc1F. The Labute approximate surface area is 109 Å². The van der Waals surface area contributed by atoms with Gasteiger partial charge in [-0.3, -0.25) is 0 Å². The zero-order chi connectivity index (χ0) is 13.2. The fourth-order valence-corrected chi connectivity index (χ4v) is 3.07. The molecule has 0 saturated heterocycles. The third kappa shape index (κ3) is 2.24. The van der Waals surface area contributed by atoms with E-state index in [9.17, 15) is 4.39 Å².